The largest absolute Gasteiger partial charge is 0.392 e. The average molecular weight is 364 g/mol. The van der Waals surface area contributed by atoms with Gasteiger partial charge < -0.3 is 10.8 Å². The molecule has 3 N–H and O–H groups in total. The van der Waals surface area contributed by atoms with E-state index in [1.165, 1.54) is 16.7 Å². The van der Waals surface area contributed by atoms with Crippen LogP contribution in [0.3, 0.4) is 0 Å². The molecule has 24 heavy (non-hydrogen) atoms. The van der Waals surface area contributed by atoms with Gasteiger partial charge >= 0.3 is 0 Å². The van der Waals surface area contributed by atoms with Gasteiger partial charge in [0.1, 0.15) is 11.1 Å². The van der Waals surface area contributed by atoms with E-state index in [0.717, 1.165) is 10.5 Å². The number of nitrogens with zero attached hydrogens (tertiary/aromatic N) is 1. The molecule has 2 aliphatic rings. The lowest BCUT2D eigenvalue weighted by Gasteiger charge is -2.43. The molecular formula is C17H20N2O3S2. The minimum Gasteiger partial charge on any atom is -0.392 e. The predicted octanol–water partition coefficient (Wildman–Crippen LogP) is 1.53. The van der Waals surface area contributed by atoms with E-state index in [-0.39, 0.29) is 17.3 Å². The van der Waals surface area contributed by atoms with Crippen molar-refractivity contribution in [3.05, 3.63) is 46.5 Å². The highest BCUT2D eigenvalue weighted by Gasteiger charge is 2.56. The predicted molar refractivity (Wildman–Crippen MR) is 97.2 cm³/mol. The number of aliphatic hydroxyl groups is 1. The smallest absolute Gasteiger partial charge is 0.236 e. The quantitative estimate of drug-likeness (QED) is 0.527. The van der Waals surface area contributed by atoms with Gasteiger partial charge in [0.15, 0.2) is 0 Å². The minimum absolute atomic E-state index is 0.156. The first-order valence-electron chi connectivity index (χ1n) is 7.84. The molecule has 2 heterocycles. The maximum absolute atomic E-state index is 12.2. The summed E-state index contributed by atoms with van der Waals surface area (Å²) in [6.07, 6.45) is 0.464. The first kappa shape index (κ1) is 17.5. The summed E-state index contributed by atoms with van der Waals surface area (Å²) >= 11 is 5.37. The molecule has 7 heteroatoms. The van der Waals surface area contributed by atoms with Gasteiger partial charge in [0.25, 0.3) is 0 Å². The number of carbonyl (C=O) groups is 2. The average Bonchev–Trinajstić information content (AvgIpc) is 2.82. The summed E-state index contributed by atoms with van der Waals surface area (Å²) in [5, 5.41) is 9.12. The maximum Gasteiger partial charge on any atom is 0.236 e. The molecule has 1 fully saturated rings. The van der Waals surface area contributed by atoms with E-state index in [1.54, 1.807) is 6.92 Å². The van der Waals surface area contributed by atoms with Crippen LogP contribution in [-0.2, 0) is 16.0 Å². The molecule has 0 bridgehead atoms. The molecular weight excluding hydrogens is 344 g/mol. The highest BCUT2D eigenvalue weighted by atomic mass is 32.2. The summed E-state index contributed by atoms with van der Waals surface area (Å²) in [5.74, 6) is -0.688. The summed E-state index contributed by atoms with van der Waals surface area (Å²) in [5.41, 5.74) is 7.72. The summed E-state index contributed by atoms with van der Waals surface area (Å²) in [6, 6.07) is 9.76. The third-order valence-electron chi connectivity index (χ3n) is 4.36. The molecule has 0 aliphatic carbocycles. The Morgan fingerprint density at radius 1 is 1.38 bits per heavy atom. The molecule has 0 aromatic heterocycles. The molecule has 1 saturated heterocycles. The Morgan fingerprint density at radius 3 is 2.62 bits per heavy atom. The van der Waals surface area contributed by atoms with Crippen molar-refractivity contribution in [2.75, 3.05) is 0 Å². The van der Waals surface area contributed by atoms with Gasteiger partial charge in [0.2, 0.25) is 11.0 Å². The number of β-lactam (4-membered cyclic amide) rings is 1. The number of hydrogen-bond donors (Lipinski definition) is 3. The van der Waals surface area contributed by atoms with Gasteiger partial charge in [-0.2, -0.15) is 0 Å². The van der Waals surface area contributed by atoms with E-state index in [1.807, 2.05) is 30.3 Å². The van der Waals surface area contributed by atoms with Crippen molar-refractivity contribution in [2.45, 2.75) is 37.3 Å². The third kappa shape index (κ3) is 3.13. The van der Waals surface area contributed by atoms with Crippen molar-refractivity contribution >= 4 is 35.4 Å². The fourth-order valence-electron chi connectivity index (χ4n) is 3.22. The number of nitrogens with two attached hydrogens (primary N) is 1. The Morgan fingerprint density at radius 2 is 2.04 bits per heavy atom. The standard InChI is InChI=1S/C17H20N2O3S2/c1-9(20)13-15(21)19-14(17(22)23)12(24-16(13)19)8-11(18)7-10-5-3-2-4-6-10/h2-6,9,11,13,16,20H,7-8,18H2,1H3,(H,22,23)/t9-,11-,13+,16+/m0/s1. The van der Waals surface area contributed by atoms with Crippen LogP contribution in [-0.4, -0.2) is 38.5 Å². The van der Waals surface area contributed by atoms with Crippen LogP contribution in [0.5, 0.6) is 0 Å². The molecule has 1 aromatic rings. The number of carbonyl (C=O) groups excluding carboxylic acids is 2. The zero-order valence-corrected chi connectivity index (χ0v) is 15.0. The number of hydrogen-bond acceptors (Lipinski definition) is 5. The Bertz CT molecular complexity index is 690. The van der Waals surface area contributed by atoms with E-state index < -0.39 is 17.1 Å². The van der Waals surface area contributed by atoms with E-state index in [9.17, 15) is 14.7 Å². The molecule has 0 unspecified atom stereocenters. The SMILES string of the molecule is C[C@H](O)[C@@H]1C(=O)N2C(C(=O)S)=C(C[C@@H](N)Cc3ccccc3)S[C@H]12. The molecule has 2 aliphatic heterocycles. The lowest BCUT2D eigenvalue weighted by atomic mass is 9.92. The molecule has 1 amide bonds. The third-order valence-corrected chi connectivity index (χ3v) is 5.96. The van der Waals surface area contributed by atoms with Crippen molar-refractivity contribution in [2.24, 2.45) is 11.7 Å². The van der Waals surface area contributed by atoms with Gasteiger partial charge in [-0.3, -0.25) is 14.5 Å². The zero-order valence-electron chi connectivity index (χ0n) is 13.3. The van der Waals surface area contributed by atoms with Gasteiger partial charge in [-0.1, -0.05) is 43.0 Å². The van der Waals surface area contributed by atoms with Gasteiger partial charge in [-0.15, -0.1) is 11.8 Å². The highest BCUT2D eigenvalue weighted by Crippen LogP contribution is 2.51. The van der Waals surface area contributed by atoms with Crippen LogP contribution >= 0.6 is 24.4 Å². The van der Waals surface area contributed by atoms with Crippen LogP contribution in [0.25, 0.3) is 0 Å². The van der Waals surface area contributed by atoms with Gasteiger partial charge in [-0.25, -0.2) is 0 Å². The van der Waals surface area contributed by atoms with E-state index in [2.05, 4.69) is 12.6 Å². The first-order chi connectivity index (χ1) is 11.4. The maximum atomic E-state index is 12.2. The van der Waals surface area contributed by atoms with Crippen molar-refractivity contribution in [3.63, 3.8) is 0 Å². The van der Waals surface area contributed by atoms with Crippen LogP contribution in [0.2, 0.25) is 0 Å². The molecule has 0 saturated carbocycles. The van der Waals surface area contributed by atoms with E-state index in [4.69, 9.17) is 5.73 Å². The Labute approximate surface area is 150 Å². The number of amides is 1. The number of fused-ring (bicyclic) bond motifs is 1. The van der Waals surface area contributed by atoms with E-state index >= 15 is 0 Å². The van der Waals surface area contributed by atoms with Gasteiger partial charge in [0, 0.05) is 10.9 Å². The Hall–Kier alpha value is -1.28. The normalized spacial score (nSPS) is 25.3. The van der Waals surface area contributed by atoms with Crippen molar-refractivity contribution in [1.29, 1.82) is 0 Å². The van der Waals surface area contributed by atoms with Crippen molar-refractivity contribution in [3.8, 4) is 0 Å². The molecule has 0 radical (unpaired) electrons. The summed E-state index contributed by atoms with van der Waals surface area (Å²) in [6.45, 7) is 1.60. The molecule has 1 aromatic carbocycles. The fourth-order valence-corrected chi connectivity index (χ4v) is 5.25. The summed E-state index contributed by atoms with van der Waals surface area (Å²) < 4.78 is 0. The second-order valence-corrected chi connectivity index (χ2v) is 7.83. The van der Waals surface area contributed by atoms with Crippen molar-refractivity contribution < 1.29 is 14.7 Å². The fraction of sp³-hybridized carbons (Fsp3) is 0.412. The van der Waals surface area contributed by atoms with Crippen LogP contribution in [0.4, 0.5) is 0 Å². The molecule has 5 nitrogen and oxygen atoms in total. The lowest BCUT2D eigenvalue weighted by Crippen LogP contribution is -2.60. The lowest BCUT2D eigenvalue weighted by molar-refractivity contribution is -0.153. The van der Waals surface area contributed by atoms with Crippen LogP contribution < -0.4 is 5.73 Å². The van der Waals surface area contributed by atoms with Crippen molar-refractivity contribution in [1.82, 2.24) is 4.90 Å². The first-order valence-corrected chi connectivity index (χ1v) is 9.16. The number of benzene rings is 1. The molecule has 0 spiro atoms. The monoisotopic (exact) mass is 364 g/mol. The number of thiol groups is 1. The number of aliphatic hydroxyl groups excluding tert-OH is 1. The zero-order chi connectivity index (χ0) is 17.4. The molecule has 4 atom stereocenters. The van der Waals surface area contributed by atoms with Crippen LogP contribution in [0, 0.1) is 5.92 Å². The second kappa shape index (κ2) is 6.92. The summed E-state index contributed by atoms with van der Waals surface area (Å²) in [4.78, 5) is 26.4. The molecule has 3 rings (SSSR count). The topological polar surface area (TPSA) is 83.6 Å². The molecule has 128 valence electrons. The second-order valence-electron chi connectivity index (χ2n) is 6.21. The van der Waals surface area contributed by atoms with Gasteiger partial charge in [0.05, 0.1) is 12.0 Å². The summed E-state index contributed by atoms with van der Waals surface area (Å²) in [7, 11) is 0. The number of thioether (sulfide) groups is 1. The van der Waals surface area contributed by atoms with Gasteiger partial charge in [-0.05, 0) is 25.3 Å². The van der Waals surface area contributed by atoms with E-state index in [0.29, 0.717) is 18.5 Å². The van der Waals surface area contributed by atoms with Crippen LogP contribution in [0.15, 0.2) is 40.9 Å². The van der Waals surface area contributed by atoms with Crippen LogP contribution in [0.1, 0.15) is 18.9 Å². The minimum atomic E-state index is -0.736. The Balaban J connectivity index is 1.75. The Kier molecular flexibility index (Phi) is 5.05. The number of rotatable bonds is 6. The highest BCUT2D eigenvalue weighted by molar-refractivity contribution is 8.04.